The first-order chi connectivity index (χ1) is 12.5. The zero-order valence-corrected chi connectivity index (χ0v) is 16.4. The van der Waals surface area contributed by atoms with E-state index in [0.29, 0.717) is 10.8 Å². The molecule has 0 fully saturated rings. The molecule has 0 unspecified atom stereocenters. The van der Waals surface area contributed by atoms with Gasteiger partial charge in [0.25, 0.3) is 0 Å². The maximum absolute atomic E-state index is 12.2. The number of hydrogen-bond acceptors (Lipinski definition) is 4. The molecule has 0 bridgehead atoms. The van der Waals surface area contributed by atoms with Crippen LogP contribution in [0.3, 0.4) is 0 Å². The number of thiazole rings is 1. The molecule has 3 rings (SSSR count). The smallest absolute Gasteiger partial charge is 0.230 e. The molecule has 0 aliphatic carbocycles. The van der Waals surface area contributed by atoms with Gasteiger partial charge in [-0.1, -0.05) is 40.2 Å². The number of amides is 2. The van der Waals surface area contributed by atoms with Gasteiger partial charge in [0.05, 0.1) is 12.1 Å². The average molecular weight is 430 g/mol. The Morgan fingerprint density at radius 3 is 2.38 bits per heavy atom. The van der Waals surface area contributed by atoms with E-state index in [0.717, 1.165) is 21.3 Å². The standard InChI is InChI=1S/C19H16BrN3O2S/c1-12(24)21-16-8-2-13(3-9-16)10-18(25)23-19-22-17(11-26-19)14-4-6-15(20)7-5-14/h2-9,11H,10H2,1H3,(H,21,24)(H,22,23,25). The number of hydrogen-bond donors (Lipinski definition) is 2. The molecule has 7 heteroatoms. The van der Waals surface area contributed by atoms with Crippen molar-refractivity contribution in [1.29, 1.82) is 0 Å². The van der Waals surface area contributed by atoms with Crippen molar-refractivity contribution in [1.82, 2.24) is 4.98 Å². The maximum atomic E-state index is 12.2. The van der Waals surface area contributed by atoms with Crippen LogP contribution in [0.5, 0.6) is 0 Å². The lowest BCUT2D eigenvalue weighted by molar-refractivity contribution is -0.116. The molecule has 2 N–H and O–H groups in total. The molecule has 2 aromatic carbocycles. The van der Waals surface area contributed by atoms with E-state index in [-0.39, 0.29) is 18.2 Å². The minimum atomic E-state index is -0.131. The molecule has 0 aliphatic rings. The van der Waals surface area contributed by atoms with Crippen molar-refractivity contribution in [2.45, 2.75) is 13.3 Å². The molecule has 1 heterocycles. The molecule has 0 saturated heterocycles. The molecule has 0 atom stereocenters. The van der Waals surface area contributed by atoms with Gasteiger partial charge >= 0.3 is 0 Å². The molecule has 5 nitrogen and oxygen atoms in total. The third-order valence-electron chi connectivity index (χ3n) is 3.53. The Kier molecular flexibility index (Phi) is 5.80. The van der Waals surface area contributed by atoms with Gasteiger partial charge in [-0.15, -0.1) is 11.3 Å². The zero-order chi connectivity index (χ0) is 18.5. The van der Waals surface area contributed by atoms with Gasteiger partial charge in [-0.2, -0.15) is 0 Å². The van der Waals surface area contributed by atoms with Crippen LogP contribution in [0, 0.1) is 0 Å². The molecule has 0 spiro atoms. The predicted molar refractivity (Wildman–Crippen MR) is 108 cm³/mol. The number of benzene rings is 2. The highest BCUT2D eigenvalue weighted by Gasteiger charge is 2.09. The van der Waals surface area contributed by atoms with E-state index < -0.39 is 0 Å². The lowest BCUT2D eigenvalue weighted by atomic mass is 10.1. The topological polar surface area (TPSA) is 71.1 Å². The summed E-state index contributed by atoms with van der Waals surface area (Å²) in [5.74, 6) is -0.255. The highest BCUT2D eigenvalue weighted by atomic mass is 79.9. The van der Waals surface area contributed by atoms with Crippen LogP contribution in [0.25, 0.3) is 11.3 Å². The van der Waals surface area contributed by atoms with Crippen molar-refractivity contribution in [3.05, 3.63) is 63.9 Å². The van der Waals surface area contributed by atoms with Gasteiger partial charge in [0.1, 0.15) is 0 Å². The predicted octanol–water partition coefficient (Wildman–Crippen LogP) is 4.71. The lowest BCUT2D eigenvalue weighted by Crippen LogP contribution is -2.14. The Labute approximate surface area is 163 Å². The van der Waals surface area contributed by atoms with Gasteiger partial charge in [-0.25, -0.2) is 4.98 Å². The molecular formula is C19H16BrN3O2S. The lowest BCUT2D eigenvalue weighted by Gasteiger charge is -2.05. The Morgan fingerprint density at radius 1 is 1.04 bits per heavy atom. The minimum Gasteiger partial charge on any atom is -0.326 e. The second kappa shape index (κ2) is 8.25. The second-order valence-corrected chi connectivity index (χ2v) is 7.42. The molecule has 0 aliphatic heterocycles. The Morgan fingerprint density at radius 2 is 1.73 bits per heavy atom. The summed E-state index contributed by atoms with van der Waals surface area (Å²) >= 11 is 4.80. The number of anilines is 2. The van der Waals surface area contributed by atoms with Crippen molar-refractivity contribution in [3.8, 4) is 11.3 Å². The van der Waals surface area contributed by atoms with Gasteiger partial charge < -0.3 is 10.6 Å². The SMILES string of the molecule is CC(=O)Nc1ccc(CC(=O)Nc2nc(-c3ccc(Br)cc3)cs2)cc1. The molecule has 132 valence electrons. The van der Waals surface area contributed by atoms with E-state index in [1.54, 1.807) is 12.1 Å². The fourth-order valence-corrected chi connectivity index (χ4v) is 3.34. The van der Waals surface area contributed by atoms with Gasteiger partial charge in [0.2, 0.25) is 11.8 Å². The van der Waals surface area contributed by atoms with Crippen LogP contribution in [0.15, 0.2) is 58.4 Å². The molecule has 0 radical (unpaired) electrons. The average Bonchev–Trinajstić information content (AvgIpc) is 3.05. The monoisotopic (exact) mass is 429 g/mol. The Hall–Kier alpha value is -2.51. The van der Waals surface area contributed by atoms with Crippen molar-refractivity contribution in [3.63, 3.8) is 0 Å². The normalized spacial score (nSPS) is 10.4. The summed E-state index contributed by atoms with van der Waals surface area (Å²) in [6, 6.07) is 15.1. The highest BCUT2D eigenvalue weighted by molar-refractivity contribution is 9.10. The van der Waals surface area contributed by atoms with Crippen LogP contribution < -0.4 is 10.6 Å². The first kappa shape index (κ1) is 18.3. The molecular weight excluding hydrogens is 414 g/mol. The van der Waals surface area contributed by atoms with Crippen molar-refractivity contribution in [2.24, 2.45) is 0 Å². The van der Waals surface area contributed by atoms with E-state index in [2.05, 4.69) is 31.5 Å². The third kappa shape index (κ3) is 5.00. The summed E-state index contributed by atoms with van der Waals surface area (Å²) in [5.41, 5.74) is 3.40. The summed E-state index contributed by atoms with van der Waals surface area (Å²) in [7, 11) is 0. The molecule has 0 saturated carbocycles. The first-order valence-corrected chi connectivity index (χ1v) is 9.55. The zero-order valence-electron chi connectivity index (χ0n) is 14.0. The summed E-state index contributed by atoms with van der Waals surface area (Å²) in [5, 5.41) is 8.01. The highest BCUT2D eigenvalue weighted by Crippen LogP contribution is 2.26. The first-order valence-electron chi connectivity index (χ1n) is 7.87. The molecule has 1 aromatic heterocycles. The van der Waals surface area contributed by atoms with E-state index in [1.807, 2.05) is 41.8 Å². The summed E-state index contributed by atoms with van der Waals surface area (Å²) in [6.07, 6.45) is 0.244. The van der Waals surface area contributed by atoms with E-state index in [9.17, 15) is 9.59 Å². The van der Waals surface area contributed by atoms with Crippen LogP contribution in [-0.4, -0.2) is 16.8 Å². The van der Waals surface area contributed by atoms with Crippen LogP contribution in [0.2, 0.25) is 0 Å². The number of nitrogens with zero attached hydrogens (tertiary/aromatic N) is 1. The number of aromatic nitrogens is 1. The molecule has 26 heavy (non-hydrogen) atoms. The number of carbonyl (C=O) groups excluding carboxylic acids is 2. The van der Waals surface area contributed by atoms with Crippen LogP contribution in [0.1, 0.15) is 12.5 Å². The van der Waals surface area contributed by atoms with Gasteiger partial charge in [-0.3, -0.25) is 9.59 Å². The van der Waals surface area contributed by atoms with Gasteiger partial charge in [0.15, 0.2) is 5.13 Å². The third-order valence-corrected chi connectivity index (χ3v) is 4.82. The van der Waals surface area contributed by atoms with Gasteiger partial charge in [0, 0.05) is 28.0 Å². The van der Waals surface area contributed by atoms with Crippen molar-refractivity contribution in [2.75, 3.05) is 10.6 Å². The number of nitrogens with one attached hydrogen (secondary N) is 2. The van der Waals surface area contributed by atoms with Gasteiger partial charge in [-0.05, 0) is 29.8 Å². The maximum Gasteiger partial charge on any atom is 0.230 e. The quantitative estimate of drug-likeness (QED) is 0.616. The van der Waals surface area contributed by atoms with E-state index in [1.165, 1.54) is 18.3 Å². The fourth-order valence-electron chi connectivity index (χ4n) is 2.34. The molecule has 2 amide bonds. The van der Waals surface area contributed by atoms with Crippen molar-refractivity contribution < 1.29 is 9.59 Å². The van der Waals surface area contributed by atoms with Crippen molar-refractivity contribution >= 4 is 49.9 Å². The number of halogens is 1. The van der Waals surface area contributed by atoms with Crippen LogP contribution in [-0.2, 0) is 16.0 Å². The number of carbonyl (C=O) groups is 2. The largest absolute Gasteiger partial charge is 0.326 e. The Bertz CT molecular complexity index is 921. The summed E-state index contributed by atoms with van der Waals surface area (Å²) in [4.78, 5) is 27.7. The van der Waals surface area contributed by atoms with Crippen LogP contribution >= 0.6 is 27.3 Å². The minimum absolute atomic E-state index is 0.124. The second-order valence-electron chi connectivity index (χ2n) is 5.65. The molecule has 3 aromatic rings. The summed E-state index contributed by atoms with van der Waals surface area (Å²) < 4.78 is 1.01. The summed E-state index contributed by atoms with van der Waals surface area (Å²) in [6.45, 7) is 1.46. The number of rotatable bonds is 5. The Balaban J connectivity index is 1.60. The van der Waals surface area contributed by atoms with Crippen LogP contribution in [0.4, 0.5) is 10.8 Å². The fraction of sp³-hybridized carbons (Fsp3) is 0.105. The van der Waals surface area contributed by atoms with E-state index in [4.69, 9.17) is 0 Å². The van der Waals surface area contributed by atoms with E-state index >= 15 is 0 Å².